The predicted octanol–water partition coefficient (Wildman–Crippen LogP) is 1.83. The summed E-state index contributed by atoms with van der Waals surface area (Å²) in [6, 6.07) is 4.07. The Bertz CT molecular complexity index is 489. The average Bonchev–Trinajstić information content (AvgIpc) is 2.36. The van der Waals surface area contributed by atoms with E-state index in [2.05, 4.69) is 0 Å². The van der Waals surface area contributed by atoms with E-state index in [0.717, 1.165) is 16.7 Å². The highest BCUT2D eigenvalue weighted by molar-refractivity contribution is 5.97. The fourth-order valence-electron chi connectivity index (χ4n) is 2.99. The second-order valence-corrected chi connectivity index (χ2v) is 5.74. The number of hydrogen-bond donors (Lipinski definition) is 1. The van der Waals surface area contributed by atoms with Crippen LogP contribution in [0, 0.1) is 20.8 Å². The van der Waals surface area contributed by atoms with Gasteiger partial charge in [0.25, 0.3) is 5.91 Å². The molecule has 20 heavy (non-hydrogen) atoms. The first-order valence-corrected chi connectivity index (χ1v) is 7.05. The van der Waals surface area contributed by atoms with Crippen LogP contribution in [0.2, 0.25) is 0 Å². The Kier molecular flexibility index (Phi) is 4.45. The summed E-state index contributed by atoms with van der Waals surface area (Å²) in [6.45, 7) is 8.87. The van der Waals surface area contributed by atoms with Crippen LogP contribution in [0.5, 0.6) is 0 Å². The molecule has 4 heteroatoms. The van der Waals surface area contributed by atoms with Crippen molar-refractivity contribution in [2.24, 2.45) is 0 Å². The van der Waals surface area contributed by atoms with Crippen molar-refractivity contribution in [3.05, 3.63) is 34.4 Å². The van der Waals surface area contributed by atoms with Crippen LogP contribution in [0.15, 0.2) is 12.1 Å². The van der Waals surface area contributed by atoms with Crippen LogP contribution < -0.4 is 0 Å². The van der Waals surface area contributed by atoms with Gasteiger partial charge in [-0.05, 0) is 38.8 Å². The number of rotatable bonds is 2. The fourth-order valence-corrected chi connectivity index (χ4v) is 2.99. The van der Waals surface area contributed by atoms with Gasteiger partial charge < -0.3 is 14.7 Å². The molecular formula is C16H23NO3. The molecule has 0 bridgehead atoms. The molecule has 1 aromatic rings. The Morgan fingerprint density at radius 1 is 1.30 bits per heavy atom. The summed E-state index contributed by atoms with van der Waals surface area (Å²) in [6.07, 6.45) is -0.329. The lowest BCUT2D eigenvalue weighted by Gasteiger charge is -2.36. The number of carbonyl (C=O) groups is 1. The molecule has 1 saturated heterocycles. The Morgan fingerprint density at radius 3 is 2.45 bits per heavy atom. The topological polar surface area (TPSA) is 49.8 Å². The van der Waals surface area contributed by atoms with Crippen molar-refractivity contribution in [1.82, 2.24) is 4.90 Å². The lowest BCUT2D eigenvalue weighted by Crippen LogP contribution is -2.50. The Hall–Kier alpha value is -1.39. The maximum atomic E-state index is 12.7. The second kappa shape index (κ2) is 5.94. The molecule has 1 aliphatic rings. The second-order valence-electron chi connectivity index (χ2n) is 5.74. The van der Waals surface area contributed by atoms with E-state index in [4.69, 9.17) is 4.74 Å². The summed E-state index contributed by atoms with van der Waals surface area (Å²) in [5.41, 5.74) is 3.96. The molecule has 2 unspecified atom stereocenters. The molecule has 1 aliphatic heterocycles. The number of nitrogens with zero attached hydrogens (tertiary/aromatic N) is 1. The Morgan fingerprint density at radius 2 is 1.90 bits per heavy atom. The Labute approximate surface area is 120 Å². The van der Waals surface area contributed by atoms with Crippen molar-refractivity contribution in [2.45, 2.75) is 39.9 Å². The highest BCUT2D eigenvalue weighted by Gasteiger charge is 2.29. The Balaban J connectivity index is 2.27. The number of aliphatic hydroxyl groups excluding tert-OH is 1. The van der Waals surface area contributed by atoms with Crippen molar-refractivity contribution in [3.8, 4) is 0 Å². The van der Waals surface area contributed by atoms with Gasteiger partial charge in [-0.2, -0.15) is 0 Å². The van der Waals surface area contributed by atoms with E-state index in [1.54, 1.807) is 4.90 Å². The third kappa shape index (κ3) is 3.02. The quantitative estimate of drug-likeness (QED) is 0.897. The van der Waals surface area contributed by atoms with E-state index in [-0.39, 0.29) is 24.7 Å². The van der Waals surface area contributed by atoms with Gasteiger partial charge in [0.1, 0.15) is 0 Å². The third-order valence-corrected chi connectivity index (χ3v) is 3.71. The van der Waals surface area contributed by atoms with Crippen LogP contribution in [-0.4, -0.2) is 47.8 Å². The lowest BCUT2D eigenvalue weighted by atomic mass is 9.98. The molecule has 110 valence electrons. The molecule has 1 N–H and O–H groups in total. The average molecular weight is 277 g/mol. The van der Waals surface area contributed by atoms with E-state index < -0.39 is 0 Å². The van der Waals surface area contributed by atoms with Gasteiger partial charge in [0, 0.05) is 18.7 Å². The van der Waals surface area contributed by atoms with E-state index in [1.807, 2.05) is 39.8 Å². The van der Waals surface area contributed by atoms with Gasteiger partial charge in [-0.3, -0.25) is 4.79 Å². The molecule has 1 aromatic carbocycles. The number of morpholine rings is 1. The number of carbonyl (C=O) groups excluding carboxylic acids is 1. The first kappa shape index (κ1) is 15.0. The van der Waals surface area contributed by atoms with Crippen molar-refractivity contribution in [2.75, 3.05) is 19.7 Å². The molecule has 0 aromatic heterocycles. The van der Waals surface area contributed by atoms with Crippen molar-refractivity contribution >= 4 is 5.91 Å². The van der Waals surface area contributed by atoms with Crippen molar-refractivity contribution in [3.63, 3.8) is 0 Å². The van der Waals surface area contributed by atoms with E-state index >= 15 is 0 Å². The van der Waals surface area contributed by atoms with Gasteiger partial charge in [0.2, 0.25) is 0 Å². The normalized spacial score (nSPS) is 22.9. The number of aryl methyl sites for hydroxylation is 3. The van der Waals surface area contributed by atoms with Crippen molar-refractivity contribution < 1.29 is 14.6 Å². The van der Waals surface area contributed by atoms with Crippen LogP contribution in [-0.2, 0) is 4.74 Å². The monoisotopic (exact) mass is 277 g/mol. The first-order chi connectivity index (χ1) is 9.42. The summed E-state index contributed by atoms with van der Waals surface area (Å²) in [4.78, 5) is 14.5. The summed E-state index contributed by atoms with van der Waals surface area (Å²) in [5.74, 6) is 0.0357. The van der Waals surface area contributed by atoms with Gasteiger partial charge >= 0.3 is 0 Å². The molecule has 1 amide bonds. The van der Waals surface area contributed by atoms with Gasteiger partial charge in [-0.15, -0.1) is 0 Å². The van der Waals surface area contributed by atoms with Gasteiger partial charge in [0.05, 0.1) is 18.8 Å². The molecular weight excluding hydrogens is 254 g/mol. The van der Waals surface area contributed by atoms with Gasteiger partial charge in [-0.1, -0.05) is 17.7 Å². The van der Waals surface area contributed by atoms with Crippen LogP contribution in [0.3, 0.4) is 0 Å². The van der Waals surface area contributed by atoms with Gasteiger partial charge in [-0.25, -0.2) is 0 Å². The zero-order valence-corrected chi connectivity index (χ0v) is 12.6. The summed E-state index contributed by atoms with van der Waals surface area (Å²) in [7, 11) is 0. The number of amides is 1. The summed E-state index contributed by atoms with van der Waals surface area (Å²) in [5, 5.41) is 9.26. The largest absolute Gasteiger partial charge is 0.394 e. The maximum absolute atomic E-state index is 12.7. The molecule has 1 heterocycles. The molecule has 0 saturated carbocycles. The molecule has 2 rings (SSSR count). The number of ether oxygens (including phenoxy) is 1. The standard InChI is InChI=1S/C16H23NO3/c1-10-5-11(2)15(12(3)6-10)16(19)17-7-13(4)20-14(8-17)9-18/h5-6,13-14,18H,7-9H2,1-4H3. The zero-order chi connectivity index (χ0) is 14.9. The minimum atomic E-state index is -0.284. The van der Waals surface area contributed by atoms with Crippen LogP contribution in [0.1, 0.15) is 34.0 Å². The molecule has 0 aliphatic carbocycles. The fraction of sp³-hybridized carbons (Fsp3) is 0.562. The molecule has 1 fully saturated rings. The molecule has 2 atom stereocenters. The zero-order valence-electron chi connectivity index (χ0n) is 12.6. The summed E-state index contributed by atoms with van der Waals surface area (Å²) >= 11 is 0. The van der Waals surface area contributed by atoms with Crippen LogP contribution in [0.25, 0.3) is 0 Å². The number of hydrogen-bond acceptors (Lipinski definition) is 3. The molecule has 0 spiro atoms. The molecule has 4 nitrogen and oxygen atoms in total. The van der Waals surface area contributed by atoms with Crippen molar-refractivity contribution in [1.29, 1.82) is 0 Å². The smallest absolute Gasteiger partial charge is 0.254 e. The minimum absolute atomic E-state index is 0.0357. The van der Waals surface area contributed by atoms with Crippen LogP contribution in [0.4, 0.5) is 0 Å². The highest BCUT2D eigenvalue weighted by atomic mass is 16.5. The van der Waals surface area contributed by atoms with Crippen LogP contribution >= 0.6 is 0 Å². The molecule has 0 radical (unpaired) electrons. The predicted molar refractivity (Wildman–Crippen MR) is 78.0 cm³/mol. The van der Waals surface area contributed by atoms with Gasteiger partial charge in [0.15, 0.2) is 0 Å². The summed E-state index contributed by atoms with van der Waals surface area (Å²) < 4.78 is 5.59. The number of aliphatic hydroxyl groups is 1. The lowest BCUT2D eigenvalue weighted by molar-refractivity contribution is -0.0858. The van der Waals surface area contributed by atoms with E-state index in [0.29, 0.717) is 13.1 Å². The van der Waals surface area contributed by atoms with E-state index in [9.17, 15) is 9.90 Å². The number of benzene rings is 1. The highest BCUT2D eigenvalue weighted by Crippen LogP contribution is 2.21. The SMILES string of the molecule is Cc1cc(C)c(C(=O)N2CC(C)OC(CO)C2)c(C)c1. The third-order valence-electron chi connectivity index (χ3n) is 3.71. The minimum Gasteiger partial charge on any atom is -0.394 e. The maximum Gasteiger partial charge on any atom is 0.254 e. The first-order valence-electron chi connectivity index (χ1n) is 7.05. The van der Waals surface area contributed by atoms with E-state index in [1.165, 1.54) is 5.56 Å².